The molecule has 0 aliphatic heterocycles. The van der Waals surface area contributed by atoms with E-state index >= 15 is 0 Å². The molecule has 3 rings (SSSR count). The van der Waals surface area contributed by atoms with Crippen LogP contribution < -0.4 is 10.9 Å². The Morgan fingerprint density at radius 2 is 2.22 bits per heavy atom. The van der Waals surface area contributed by atoms with Gasteiger partial charge in [-0.05, 0) is 31.9 Å². The number of nitrogens with one attached hydrogen (secondary N) is 1. The summed E-state index contributed by atoms with van der Waals surface area (Å²) in [4.78, 5) is 35.2. The van der Waals surface area contributed by atoms with Crippen molar-refractivity contribution in [3.05, 3.63) is 28.7 Å². The third kappa shape index (κ3) is 4.32. The highest BCUT2D eigenvalue weighted by molar-refractivity contribution is 7.99. The summed E-state index contributed by atoms with van der Waals surface area (Å²) < 4.78 is 2.34. The summed E-state index contributed by atoms with van der Waals surface area (Å²) >= 11 is 2.71. The fraction of sp³-hybridized carbons (Fsp3) is 0.474. The molecule has 0 saturated heterocycles. The number of pyridine rings is 1. The van der Waals surface area contributed by atoms with Crippen LogP contribution in [0.5, 0.6) is 0 Å². The molecule has 3 aromatic heterocycles. The minimum absolute atomic E-state index is 0.0393. The third-order valence-corrected chi connectivity index (χ3v) is 6.47. The zero-order valence-corrected chi connectivity index (χ0v) is 17.5. The van der Waals surface area contributed by atoms with Gasteiger partial charge in [-0.15, -0.1) is 11.3 Å². The summed E-state index contributed by atoms with van der Waals surface area (Å²) in [6.07, 6.45) is 4.48. The molecule has 6 nitrogen and oxygen atoms in total. The predicted molar refractivity (Wildman–Crippen MR) is 113 cm³/mol. The molecule has 0 unspecified atom stereocenters. The van der Waals surface area contributed by atoms with E-state index in [1.54, 1.807) is 10.8 Å². The van der Waals surface area contributed by atoms with E-state index in [1.165, 1.54) is 23.1 Å². The minimum Gasteiger partial charge on any atom is -0.353 e. The third-order valence-electron chi connectivity index (χ3n) is 4.41. The van der Waals surface area contributed by atoms with Crippen LogP contribution in [0, 0.1) is 0 Å². The van der Waals surface area contributed by atoms with Crippen molar-refractivity contribution in [3.8, 4) is 0 Å². The van der Waals surface area contributed by atoms with Crippen LogP contribution in [0.1, 0.15) is 40.0 Å². The summed E-state index contributed by atoms with van der Waals surface area (Å²) in [5, 5.41) is 4.45. The molecule has 3 heterocycles. The van der Waals surface area contributed by atoms with Crippen molar-refractivity contribution in [1.82, 2.24) is 19.9 Å². The number of hydrogen-bond donors (Lipinski definition) is 1. The van der Waals surface area contributed by atoms with Crippen molar-refractivity contribution in [3.63, 3.8) is 0 Å². The number of hydrogen-bond acceptors (Lipinski definition) is 6. The fourth-order valence-electron chi connectivity index (χ4n) is 2.71. The normalized spacial score (nSPS) is 12.6. The molecular formula is C19H24N4O2S2. The maximum Gasteiger partial charge on any atom is 0.272 e. The standard InChI is InChI=1S/C19H24N4O2S2/c1-4-6-10-23-18(25)16-15(13-8-7-9-20-17(13)27-16)22-19(23)26-11-14(24)21-12(3)5-2/h7-9,12H,4-6,10-11H2,1-3H3,(H,21,24)/t12-/m0/s1. The van der Waals surface area contributed by atoms with Crippen molar-refractivity contribution >= 4 is 49.4 Å². The fourth-order valence-corrected chi connectivity index (χ4v) is 4.57. The minimum atomic E-state index is -0.0405. The Bertz CT molecular complexity index is 1010. The monoisotopic (exact) mass is 404 g/mol. The van der Waals surface area contributed by atoms with E-state index in [1.807, 2.05) is 26.0 Å². The quantitative estimate of drug-likeness (QED) is 0.456. The highest BCUT2D eigenvalue weighted by Crippen LogP contribution is 2.30. The number of aromatic nitrogens is 3. The number of unbranched alkanes of at least 4 members (excludes halogenated alkanes) is 1. The molecule has 0 aromatic carbocycles. The van der Waals surface area contributed by atoms with E-state index in [-0.39, 0.29) is 23.3 Å². The molecule has 0 spiro atoms. The number of nitrogens with zero attached hydrogens (tertiary/aromatic N) is 3. The van der Waals surface area contributed by atoms with Gasteiger partial charge in [-0.3, -0.25) is 14.2 Å². The van der Waals surface area contributed by atoms with E-state index in [9.17, 15) is 9.59 Å². The molecule has 0 saturated carbocycles. The van der Waals surface area contributed by atoms with Crippen molar-refractivity contribution < 1.29 is 4.79 Å². The maximum absolute atomic E-state index is 13.1. The lowest BCUT2D eigenvalue weighted by Crippen LogP contribution is -2.33. The van der Waals surface area contributed by atoms with Crippen LogP contribution in [-0.4, -0.2) is 32.2 Å². The van der Waals surface area contributed by atoms with Gasteiger partial charge in [0.15, 0.2) is 5.16 Å². The molecule has 27 heavy (non-hydrogen) atoms. The predicted octanol–water partition coefficient (Wildman–Crippen LogP) is 3.81. The largest absolute Gasteiger partial charge is 0.353 e. The molecule has 0 fully saturated rings. The van der Waals surface area contributed by atoms with Crippen LogP contribution in [0.3, 0.4) is 0 Å². The van der Waals surface area contributed by atoms with Crippen LogP contribution >= 0.6 is 23.1 Å². The van der Waals surface area contributed by atoms with Crippen molar-refractivity contribution in [2.45, 2.75) is 57.8 Å². The molecule has 3 aromatic rings. The molecule has 0 radical (unpaired) electrons. The summed E-state index contributed by atoms with van der Waals surface area (Å²) in [5.74, 6) is 0.205. The molecule has 0 bridgehead atoms. The van der Waals surface area contributed by atoms with Crippen LogP contribution in [0.2, 0.25) is 0 Å². The van der Waals surface area contributed by atoms with Crippen LogP contribution in [0.4, 0.5) is 0 Å². The van der Waals surface area contributed by atoms with Gasteiger partial charge in [-0.25, -0.2) is 9.97 Å². The van der Waals surface area contributed by atoms with Crippen LogP contribution in [0.15, 0.2) is 28.3 Å². The van der Waals surface area contributed by atoms with Gasteiger partial charge in [0.2, 0.25) is 5.91 Å². The van der Waals surface area contributed by atoms with E-state index in [0.717, 1.165) is 29.5 Å². The van der Waals surface area contributed by atoms with Gasteiger partial charge in [0.05, 0.1) is 11.3 Å². The van der Waals surface area contributed by atoms with Gasteiger partial charge in [0.1, 0.15) is 9.53 Å². The van der Waals surface area contributed by atoms with Gasteiger partial charge in [0, 0.05) is 24.2 Å². The topological polar surface area (TPSA) is 76.9 Å². The Morgan fingerprint density at radius 1 is 1.41 bits per heavy atom. The van der Waals surface area contributed by atoms with Gasteiger partial charge in [0.25, 0.3) is 5.56 Å². The smallest absolute Gasteiger partial charge is 0.272 e. The zero-order valence-electron chi connectivity index (χ0n) is 15.8. The summed E-state index contributed by atoms with van der Waals surface area (Å²) in [5.41, 5.74) is 0.645. The molecule has 1 amide bonds. The summed E-state index contributed by atoms with van der Waals surface area (Å²) in [6.45, 7) is 6.71. The lowest BCUT2D eigenvalue weighted by molar-refractivity contribution is -0.119. The molecular weight excluding hydrogens is 380 g/mol. The first-order valence-electron chi connectivity index (χ1n) is 9.25. The Balaban J connectivity index is 1.99. The second kappa shape index (κ2) is 8.84. The van der Waals surface area contributed by atoms with Crippen LogP contribution in [-0.2, 0) is 11.3 Å². The molecule has 8 heteroatoms. The highest BCUT2D eigenvalue weighted by Gasteiger charge is 2.17. The first-order chi connectivity index (χ1) is 13.0. The second-order valence-electron chi connectivity index (χ2n) is 6.51. The van der Waals surface area contributed by atoms with Crippen LogP contribution in [0.25, 0.3) is 20.4 Å². The Hall–Kier alpha value is -1.93. The highest BCUT2D eigenvalue weighted by atomic mass is 32.2. The number of thiophene rings is 1. The number of carbonyl (C=O) groups excluding carboxylic acids is 1. The molecule has 0 aliphatic rings. The number of rotatable bonds is 8. The van der Waals surface area contributed by atoms with E-state index in [0.29, 0.717) is 21.9 Å². The molecule has 1 atom stereocenters. The molecule has 1 N–H and O–H groups in total. The average Bonchev–Trinajstić information content (AvgIpc) is 3.04. The van der Waals surface area contributed by atoms with Crippen molar-refractivity contribution in [2.24, 2.45) is 0 Å². The second-order valence-corrected chi connectivity index (χ2v) is 8.45. The average molecular weight is 405 g/mol. The Morgan fingerprint density at radius 3 is 2.96 bits per heavy atom. The lowest BCUT2D eigenvalue weighted by atomic mass is 10.3. The first kappa shape index (κ1) is 19.8. The summed E-state index contributed by atoms with van der Waals surface area (Å²) in [6, 6.07) is 3.93. The van der Waals surface area contributed by atoms with Gasteiger partial charge < -0.3 is 5.32 Å². The Labute approximate surface area is 166 Å². The van der Waals surface area contributed by atoms with Crippen molar-refractivity contribution in [1.29, 1.82) is 0 Å². The number of amides is 1. The van der Waals surface area contributed by atoms with Gasteiger partial charge in [-0.1, -0.05) is 32.0 Å². The zero-order chi connectivity index (χ0) is 19.4. The van der Waals surface area contributed by atoms with Gasteiger partial charge >= 0.3 is 0 Å². The SMILES string of the molecule is CCCCn1c(SCC(=O)N[C@@H](C)CC)nc2c(sc3ncccc32)c1=O. The van der Waals surface area contributed by atoms with E-state index in [4.69, 9.17) is 4.98 Å². The van der Waals surface area contributed by atoms with Gasteiger partial charge in [-0.2, -0.15) is 0 Å². The molecule has 144 valence electrons. The maximum atomic E-state index is 13.1. The number of carbonyl (C=O) groups is 1. The van der Waals surface area contributed by atoms with Crippen molar-refractivity contribution in [2.75, 3.05) is 5.75 Å². The first-order valence-corrected chi connectivity index (χ1v) is 11.1. The molecule has 0 aliphatic carbocycles. The Kier molecular flexibility index (Phi) is 6.49. The number of thioether (sulfide) groups is 1. The van der Waals surface area contributed by atoms with E-state index in [2.05, 4.69) is 17.2 Å². The van der Waals surface area contributed by atoms with E-state index < -0.39 is 0 Å². The summed E-state index contributed by atoms with van der Waals surface area (Å²) in [7, 11) is 0. The lowest BCUT2D eigenvalue weighted by Gasteiger charge is -2.13. The number of fused-ring (bicyclic) bond motifs is 3.